The first-order chi connectivity index (χ1) is 9.63. The van der Waals surface area contributed by atoms with Crippen LogP contribution in [0.15, 0.2) is 24.3 Å². The standard InChI is InChI=1S/C14H16FN5/c1-9(15)12-17-13(16)19-14(18-12)20-7-6-10-4-2-3-5-11(10)8-20/h2-5,9H,6-8H2,1H3,(H2,16,17,18,19)/t9-/m1/s1. The van der Waals surface area contributed by atoms with Gasteiger partial charge in [0, 0.05) is 13.1 Å². The van der Waals surface area contributed by atoms with Crippen molar-refractivity contribution in [1.82, 2.24) is 15.0 Å². The van der Waals surface area contributed by atoms with E-state index in [0.29, 0.717) is 12.5 Å². The largest absolute Gasteiger partial charge is 0.368 e. The van der Waals surface area contributed by atoms with Crippen molar-refractivity contribution in [3.8, 4) is 0 Å². The zero-order valence-electron chi connectivity index (χ0n) is 11.3. The SMILES string of the molecule is C[C@@H](F)c1nc(N)nc(N2CCc3ccccc3C2)n1. The molecular formula is C14H16FN5. The Balaban J connectivity index is 1.91. The number of nitrogens with zero attached hydrogens (tertiary/aromatic N) is 4. The molecule has 2 aromatic rings. The molecule has 1 aliphatic rings. The molecule has 0 fully saturated rings. The Morgan fingerprint density at radius 1 is 1.20 bits per heavy atom. The molecule has 2 heterocycles. The summed E-state index contributed by atoms with van der Waals surface area (Å²) in [5, 5.41) is 0. The Morgan fingerprint density at radius 3 is 2.70 bits per heavy atom. The van der Waals surface area contributed by atoms with E-state index in [9.17, 15) is 4.39 Å². The van der Waals surface area contributed by atoms with E-state index in [1.165, 1.54) is 18.1 Å². The second-order valence-electron chi connectivity index (χ2n) is 4.91. The third-order valence-corrected chi connectivity index (χ3v) is 3.43. The Morgan fingerprint density at radius 2 is 1.95 bits per heavy atom. The van der Waals surface area contributed by atoms with Crippen molar-refractivity contribution in [2.75, 3.05) is 17.2 Å². The first-order valence-electron chi connectivity index (χ1n) is 6.61. The average Bonchev–Trinajstić information content (AvgIpc) is 2.46. The van der Waals surface area contributed by atoms with Crippen molar-refractivity contribution in [1.29, 1.82) is 0 Å². The summed E-state index contributed by atoms with van der Waals surface area (Å²) in [6, 6.07) is 8.27. The minimum atomic E-state index is -1.25. The first kappa shape index (κ1) is 12.8. The van der Waals surface area contributed by atoms with Crippen LogP contribution in [0, 0.1) is 0 Å². The Hall–Kier alpha value is -2.24. The molecule has 0 bridgehead atoms. The molecule has 0 saturated heterocycles. The van der Waals surface area contributed by atoms with Gasteiger partial charge < -0.3 is 10.6 Å². The molecule has 0 aliphatic carbocycles. The lowest BCUT2D eigenvalue weighted by Crippen LogP contribution is -2.32. The molecule has 0 amide bonds. The summed E-state index contributed by atoms with van der Waals surface area (Å²) in [5.74, 6) is 0.603. The third-order valence-electron chi connectivity index (χ3n) is 3.43. The van der Waals surface area contributed by atoms with Gasteiger partial charge in [-0.3, -0.25) is 0 Å². The molecule has 0 saturated carbocycles. The van der Waals surface area contributed by atoms with E-state index in [1.807, 2.05) is 17.0 Å². The van der Waals surface area contributed by atoms with E-state index in [4.69, 9.17) is 5.73 Å². The number of hydrogen-bond donors (Lipinski definition) is 1. The normalized spacial score (nSPS) is 15.8. The van der Waals surface area contributed by atoms with Crippen LogP contribution in [0.4, 0.5) is 16.3 Å². The van der Waals surface area contributed by atoms with Crippen LogP contribution in [0.1, 0.15) is 30.0 Å². The molecule has 1 aromatic heterocycles. The zero-order chi connectivity index (χ0) is 14.1. The van der Waals surface area contributed by atoms with Crippen molar-refractivity contribution in [3.63, 3.8) is 0 Å². The third kappa shape index (κ3) is 2.41. The topological polar surface area (TPSA) is 67.9 Å². The number of anilines is 2. The van der Waals surface area contributed by atoms with Crippen LogP contribution in [0.5, 0.6) is 0 Å². The molecule has 0 spiro atoms. The second-order valence-corrected chi connectivity index (χ2v) is 4.91. The number of nitrogens with two attached hydrogens (primary N) is 1. The number of hydrogen-bond acceptors (Lipinski definition) is 5. The molecule has 6 heteroatoms. The maximum absolute atomic E-state index is 13.4. The van der Waals surface area contributed by atoms with Crippen molar-refractivity contribution in [3.05, 3.63) is 41.2 Å². The fourth-order valence-electron chi connectivity index (χ4n) is 2.38. The van der Waals surface area contributed by atoms with Crippen LogP contribution in [0.25, 0.3) is 0 Å². The quantitative estimate of drug-likeness (QED) is 0.907. The number of benzene rings is 1. The molecule has 2 N–H and O–H groups in total. The number of aromatic nitrogens is 3. The van der Waals surface area contributed by atoms with Gasteiger partial charge in [-0.05, 0) is 24.5 Å². The lowest BCUT2D eigenvalue weighted by Gasteiger charge is -2.29. The zero-order valence-corrected chi connectivity index (χ0v) is 11.3. The van der Waals surface area contributed by atoms with E-state index in [2.05, 4.69) is 27.1 Å². The van der Waals surface area contributed by atoms with E-state index < -0.39 is 6.17 Å². The lowest BCUT2D eigenvalue weighted by atomic mass is 10.0. The van der Waals surface area contributed by atoms with Gasteiger partial charge in [-0.1, -0.05) is 24.3 Å². The van der Waals surface area contributed by atoms with Gasteiger partial charge in [-0.2, -0.15) is 15.0 Å². The highest BCUT2D eigenvalue weighted by atomic mass is 19.1. The summed E-state index contributed by atoms with van der Waals surface area (Å²) in [4.78, 5) is 14.1. The highest BCUT2D eigenvalue weighted by Crippen LogP contribution is 2.23. The van der Waals surface area contributed by atoms with E-state index >= 15 is 0 Å². The summed E-state index contributed by atoms with van der Waals surface area (Å²) in [6.45, 7) is 2.89. The number of nitrogen functional groups attached to an aromatic ring is 1. The van der Waals surface area contributed by atoms with Gasteiger partial charge in [0.2, 0.25) is 11.9 Å². The van der Waals surface area contributed by atoms with Gasteiger partial charge >= 0.3 is 0 Å². The minimum absolute atomic E-state index is 0.0633. The van der Waals surface area contributed by atoms with Crippen LogP contribution < -0.4 is 10.6 Å². The second kappa shape index (κ2) is 5.03. The number of fused-ring (bicyclic) bond motifs is 1. The van der Waals surface area contributed by atoms with E-state index in [-0.39, 0.29) is 11.8 Å². The maximum Gasteiger partial charge on any atom is 0.230 e. The molecule has 20 heavy (non-hydrogen) atoms. The minimum Gasteiger partial charge on any atom is -0.368 e. The Bertz CT molecular complexity index is 629. The molecule has 1 atom stereocenters. The predicted octanol–water partition coefficient (Wildman–Crippen LogP) is 2.05. The smallest absolute Gasteiger partial charge is 0.230 e. The molecule has 3 rings (SSSR count). The van der Waals surface area contributed by atoms with E-state index in [1.54, 1.807) is 0 Å². The van der Waals surface area contributed by atoms with Crippen LogP contribution in [-0.4, -0.2) is 21.5 Å². The fourth-order valence-corrected chi connectivity index (χ4v) is 2.38. The van der Waals surface area contributed by atoms with Gasteiger partial charge in [0.25, 0.3) is 0 Å². The maximum atomic E-state index is 13.4. The highest BCUT2D eigenvalue weighted by Gasteiger charge is 2.20. The van der Waals surface area contributed by atoms with Crippen LogP contribution >= 0.6 is 0 Å². The Kier molecular flexibility index (Phi) is 3.22. The Labute approximate surface area is 116 Å². The predicted molar refractivity (Wildman–Crippen MR) is 75.0 cm³/mol. The summed E-state index contributed by atoms with van der Waals surface area (Å²) in [6.07, 6.45) is -0.335. The summed E-state index contributed by atoms with van der Waals surface area (Å²) in [5.41, 5.74) is 8.22. The number of halogens is 1. The van der Waals surface area contributed by atoms with Crippen LogP contribution in [-0.2, 0) is 13.0 Å². The van der Waals surface area contributed by atoms with Crippen molar-refractivity contribution in [2.45, 2.75) is 26.1 Å². The molecule has 1 aromatic carbocycles. The monoisotopic (exact) mass is 273 g/mol. The van der Waals surface area contributed by atoms with Crippen molar-refractivity contribution < 1.29 is 4.39 Å². The number of alkyl halides is 1. The lowest BCUT2D eigenvalue weighted by molar-refractivity contribution is 0.356. The van der Waals surface area contributed by atoms with Crippen molar-refractivity contribution in [2.24, 2.45) is 0 Å². The average molecular weight is 273 g/mol. The van der Waals surface area contributed by atoms with Gasteiger partial charge in [0.05, 0.1) is 0 Å². The first-order valence-corrected chi connectivity index (χ1v) is 6.61. The summed E-state index contributed by atoms with van der Waals surface area (Å²) in [7, 11) is 0. The van der Waals surface area contributed by atoms with Gasteiger partial charge in [-0.25, -0.2) is 4.39 Å². The molecule has 0 unspecified atom stereocenters. The van der Waals surface area contributed by atoms with Crippen LogP contribution in [0.3, 0.4) is 0 Å². The molecular weight excluding hydrogens is 257 g/mol. The molecule has 104 valence electrons. The van der Waals surface area contributed by atoms with Gasteiger partial charge in [0.15, 0.2) is 12.0 Å². The summed E-state index contributed by atoms with van der Waals surface area (Å²) < 4.78 is 13.4. The molecule has 1 aliphatic heterocycles. The van der Waals surface area contributed by atoms with Crippen LogP contribution in [0.2, 0.25) is 0 Å². The number of rotatable bonds is 2. The van der Waals surface area contributed by atoms with E-state index in [0.717, 1.165) is 13.0 Å². The van der Waals surface area contributed by atoms with Gasteiger partial charge in [0.1, 0.15) is 0 Å². The summed E-state index contributed by atoms with van der Waals surface area (Å²) >= 11 is 0. The molecule has 0 radical (unpaired) electrons. The fraction of sp³-hybridized carbons (Fsp3) is 0.357. The highest BCUT2D eigenvalue weighted by molar-refractivity contribution is 5.41. The molecule has 5 nitrogen and oxygen atoms in total. The van der Waals surface area contributed by atoms with Gasteiger partial charge in [-0.15, -0.1) is 0 Å². The van der Waals surface area contributed by atoms with Crippen molar-refractivity contribution >= 4 is 11.9 Å².